The van der Waals surface area contributed by atoms with Crippen LogP contribution in [0.3, 0.4) is 0 Å². The average molecular weight is 603 g/mol. The highest BCUT2D eigenvalue weighted by Gasteiger charge is 2.16. The third-order valence-corrected chi connectivity index (χ3v) is 7.11. The molecule has 3 aromatic rings. The Bertz CT molecular complexity index is 1300. The number of benzene rings is 3. The van der Waals surface area contributed by atoms with Gasteiger partial charge in [-0.2, -0.15) is 0 Å². The fourth-order valence-electron chi connectivity index (χ4n) is 4.61. The first-order valence-electron chi connectivity index (χ1n) is 15.3. The van der Waals surface area contributed by atoms with Gasteiger partial charge in [0.05, 0.1) is 12.2 Å². The molecule has 3 rings (SSSR count). The maximum atomic E-state index is 14.9. The van der Waals surface area contributed by atoms with E-state index in [9.17, 15) is 22.4 Å². The van der Waals surface area contributed by atoms with Crippen molar-refractivity contribution in [2.75, 3.05) is 13.2 Å². The molecule has 0 saturated heterocycles. The molecule has 0 aromatic heterocycles. The lowest BCUT2D eigenvalue weighted by atomic mass is 10.0. The SMILES string of the molecule is CCCCCCCCOc1ccc(-c2ccc(OC(=O)c3ccc(OC[C@@H](F)CCCCCC)c(F)c3)cc2F)cc1F. The van der Waals surface area contributed by atoms with Gasteiger partial charge in [0, 0.05) is 11.6 Å². The number of carbonyl (C=O) groups excluding carboxylic acids is 1. The van der Waals surface area contributed by atoms with Gasteiger partial charge in [-0.05, 0) is 60.9 Å². The molecule has 0 aliphatic carbocycles. The molecule has 0 N–H and O–H groups in total. The number of unbranched alkanes of at least 4 members (excludes halogenated alkanes) is 8. The van der Waals surface area contributed by atoms with E-state index >= 15 is 0 Å². The van der Waals surface area contributed by atoms with E-state index in [-0.39, 0.29) is 35.0 Å². The van der Waals surface area contributed by atoms with Crippen molar-refractivity contribution in [3.63, 3.8) is 0 Å². The van der Waals surface area contributed by atoms with Crippen LogP contribution in [0.5, 0.6) is 17.2 Å². The Hall–Kier alpha value is -3.55. The van der Waals surface area contributed by atoms with Crippen molar-refractivity contribution in [3.05, 3.63) is 77.6 Å². The topological polar surface area (TPSA) is 44.8 Å². The summed E-state index contributed by atoms with van der Waals surface area (Å²) in [6.07, 6.45) is 9.47. The standard InChI is InChI=1S/C35H42F4O4/c1-3-5-7-9-10-12-20-41-33-18-14-25(21-31(33)38)29-17-16-28(23-30(29)37)43-35(40)26-15-19-34(32(39)22-26)42-24-27(36)13-11-8-6-4-2/h14-19,21-23,27H,3-13,20,24H2,1-2H3/t27-/m0/s1. The minimum Gasteiger partial charge on any atom is -0.491 e. The smallest absolute Gasteiger partial charge is 0.343 e. The van der Waals surface area contributed by atoms with E-state index in [0.717, 1.165) is 57.1 Å². The van der Waals surface area contributed by atoms with Gasteiger partial charge in [0.15, 0.2) is 23.1 Å². The zero-order valence-corrected chi connectivity index (χ0v) is 25.1. The molecule has 0 unspecified atom stereocenters. The highest BCUT2D eigenvalue weighted by molar-refractivity contribution is 5.91. The van der Waals surface area contributed by atoms with Gasteiger partial charge in [0.25, 0.3) is 0 Å². The first-order chi connectivity index (χ1) is 20.8. The highest BCUT2D eigenvalue weighted by atomic mass is 19.1. The van der Waals surface area contributed by atoms with Crippen molar-refractivity contribution in [3.8, 4) is 28.4 Å². The normalized spacial score (nSPS) is 11.8. The average Bonchev–Trinajstić information content (AvgIpc) is 2.99. The zero-order chi connectivity index (χ0) is 31.0. The summed E-state index contributed by atoms with van der Waals surface area (Å²) in [5.74, 6) is -3.23. The second-order valence-corrected chi connectivity index (χ2v) is 10.7. The molecule has 0 radical (unpaired) electrons. The Morgan fingerprint density at radius 1 is 0.698 bits per heavy atom. The van der Waals surface area contributed by atoms with Gasteiger partial charge < -0.3 is 14.2 Å². The van der Waals surface area contributed by atoms with Crippen LogP contribution in [0, 0.1) is 17.5 Å². The zero-order valence-electron chi connectivity index (χ0n) is 25.1. The predicted octanol–water partition coefficient (Wildman–Crippen LogP) is 10.4. The number of hydrogen-bond donors (Lipinski definition) is 0. The summed E-state index contributed by atoms with van der Waals surface area (Å²) < 4.78 is 74.1. The Kier molecular flexibility index (Phi) is 14.4. The fourth-order valence-corrected chi connectivity index (χ4v) is 4.61. The summed E-state index contributed by atoms with van der Waals surface area (Å²) in [4.78, 5) is 12.6. The molecule has 1 atom stereocenters. The van der Waals surface area contributed by atoms with Crippen molar-refractivity contribution in [1.29, 1.82) is 0 Å². The number of carbonyl (C=O) groups is 1. The van der Waals surface area contributed by atoms with Gasteiger partial charge in [-0.1, -0.05) is 77.7 Å². The molecule has 0 heterocycles. The third kappa shape index (κ3) is 11.2. The first kappa shape index (κ1) is 33.9. The number of alkyl halides is 1. The van der Waals surface area contributed by atoms with Crippen LogP contribution in [0.15, 0.2) is 54.6 Å². The molecule has 0 spiro atoms. The molecule has 0 fully saturated rings. The minimum atomic E-state index is -1.21. The number of rotatable bonds is 19. The highest BCUT2D eigenvalue weighted by Crippen LogP contribution is 2.30. The van der Waals surface area contributed by atoms with Crippen LogP contribution in [-0.4, -0.2) is 25.4 Å². The van der Waals surface area contributed by atoms with E-state index in [0.29, 0.717) is 18.6 Å². The Morgan fingerprint density at radius 2 is 1.35 bits per heavy atom. The third-order valence-electron chi connectivity index (χ3n) is 7.11. The van der Waals surface area contributed by atoms with Gasteiger partial charge in [-0.3, -0.25) is 0 Å². The maximum absolute atomic E-state index is 14.9. The molecular formula is C35H42F4O4. The van der Waals surface area contributed by atoms with E-state index in [1.54, 1.807) is 6.07 Å². The van der Waals surface area contributed by atoms with Crippen LogP contribution in [0.4, 0.5) is 17.6 Å². The summed E-state index contributed by atoms with van der Waals surface area (Å²) in [5, 5.41) is 0. The second-order valence-electron chi connectivity index (χ2n) is 10.7. The van der Waals surface area contributed by atoms with Gasteiger partial charge >= 0.3 is 5.97 Å². The van der Waals surface area contributed by atoms with Crippen molar-refractivity contribution >= 4 is 5.97 Å². The van der Waals surface area contributed by atoms with Crippen LogP contribution >= 0.6 is 0 Å². The Balaban J connectivity index is 1.53. The fraction of sp³-hybridized carbons (Fsp3) is 0.457. The lowest BCUT2D eigenvalue weighted by molar-refractivity contribution is 0.0733. The van der Waals surface area contributed by atoms with Gasteiger partial charge in [-0.25, -0.2) is 22.4 Å². The second kappa shape index (κ2) is 18.2. The van der Waals surface area contributed by atoms with Crippen molar-refractivity contribution in [1.82, 2.24) is 0 Å². The molecule has 3 aromatic carbocycles. The molecule has 234 valence electrons. The number of hydrogen-bond acceptors (Lipinski definition) is 4. The largest absolute Gasteiger partial charge is 0.491 e. The lowest BCUT2D eigenvalue weighted by Gasteiger charge is -2.12. The molecule has 0 bridgehead atoms. The minimum absolute atomic E-state index is 0.102. The van der Waals surface area contributed by atoms with Crippen LogP contribution in [0.1, 0.15) is 94.8 Å². The summed E-state index contributed by atoms with van der Waals surface area (Å²) in [7, 11) is 0. The maximum Gasteiger partial charge on any atom is 0.343 e. The van der Waals surface area contributed by atoms with Crippen molar-refractivity contribution < 1.29 is 36.6 Å². The van der Waals surface area contributed by atoms with Crippen molar-refractivity contribution in [2.24, 2.45) is 0 Å². The summed E-state index contributed by atoms with van der Waals surface area (Å²) in [5.41, 5.74) is 0.295. The van der Waals surface area contributed by atoms with E-state index in [2.05, 4.69) is 13.8 Å². The van der Waals surface area contributed by atoms with Crippen molar-refractivity contribution in [2.45, 2.75) is 90.6 Å². The van der Waals surface area contributed by atoms with Crippen LogP contribution in [0.25, 0.3) is 11.1 Å². The molecule has 8 heteroatoms. The molecule has 0 aliphatic rings. The van der Waals surface area contributed by atoms with Gasteiger partial charge in [0.1, 0.15) is 24.3 Å². The first-order valence-corrected chi connectivity index (χ1v) is 15.3. The molecule has 0 aliphatic heterocycles. The number of halogens is 4. The molecular weight excluding hydrogens is 560 g/mol. The Labute approximate surface area is 252 Å². The molecule has 0 amide bonds. The van der Waals surface area contributed by atoms with Crippen LogP contribution in [0.2, 0.25) is 0 Å². The quantitative estimate of drug-likeness (QED) is 0.0593. The molecule has 4 nitrogen and oxygen atoms in total. The molecule has 43 heavy (non-hydrogen) atoms. The summed E-state index contributed by atoms with van der Waals surface area (Å²) in [6, 6.07) is 11.4. The summed E-state index contributed by atoms with van der Waals surface area (Å²) >= 11 is 0. The van der Waals surface area contributed by atoms with Gasteiger partial charge in [-0.15, -0.1) is 0 Å². The summed E-state index contributed by atoms with van der Waals surface area (Å²) in [6.45, 7) is 4.36. The Morgan fingerprint density at radius 3 is 2.05 bits per heavy atom. The van der Waals surface area contributed by atoms with Gasteiger partial charge in [0.2, 0.25) is 0 Å². The van der Waals surface area contributed by atoms with E-state index < -0.39 is 29.6 Å². The van der Waals surface area contributed by atoms with E-state index in [1.165, 1.54) is 55.7 Å². The number of ether oxygens (including phenoxy) is 3. The lowest BCUT2D eigenvalue weighted by Crippen LogP contribution is -2.14. The monoisotopic (exact) mass is 602 g/mol. The van der Waals surface area contributed by atoms with Crippen LogP contribution in [-0.2, 0) is 0 Å². The van der Waals surface area contributed by atoms with E-state index in [1.807, 2.05) is 0 Å². The number of esters is 1. The molecule has 0 saturated carbocycles. The van der Waals surface area contributed by atoms with E-state index in [4.69, 9.17) is 14.2 Å². The van der Waals surface area contributed by atoms with Crippen LogP contribution < -0.4 is 14.2 Å². The predicted molar refractivity (Wildman–Crippen MR) is 161 cm³/mol.